The molecule has 2 unspecified atom stereocenters. The van der Waals surface area contributed by atoms with E-state index in [0.717, 1.165) is 0 Å². The van der Waals surface area contributed by atoms with Crippen LogP contribution in [-0.4, -0.2) is 26.5 Å². The average molecular weight is 213 g/mol. The van der Waals surface area contributed by atoms with Gasteiger partial charge in [-0.2, -0.15) is 0 Å². The van der Waals surface area contributed by atoms with Gasteiger partial charge in [-0.1, -0.05) is 6.92 Å². The van der Waals surface area contributed by atoms with Gasteiger partial charge >= 0.3 is 0 Å². The van der Waals surface area contributed by atoms with E-state index >= 15 is 0 Å². The second kappa shape index (κ2) is 5.82. The predicted octanol–water partition coefficient (Wildman–Crippen LogP) is 0.320. The Morgan fingerprint density at radius 1 is 1.50 bits per heavy atom. The summed E-state index contributed by atoms with van der Waals surface area (Å²) >= 11 is 0. The molecule has 1 heterocycles. The molecule has 0 spiro atoms. The molecule has 0 bridgehead atoms. The lowest BCUT2D eigenvalue weighted by molar-refractivity contribution is 0.639. The lowest BCUT2D eigenvalue weighted by atomic mass is 10.2. The molecule has 0 radical (unpaired) electrons. The fourth-order valence-electron chi connectivity index (χ4n) is 0.993. The van der Waals surface area contributed by atoms with Crippen LogP contribution in [-0.2, 0) is 16.6 Å². The van der Waals surface area contributed by atoms with Crippen molar-refractivity contribution in [3.63, 3.8) is 0 Å². The van der Waals surface area contributed by atoms with E-state index in [4.69, 9.17) is 5.73 Å². The maximum Gasteiger partial charge on any atom is 0.140 e. The molecule has 0 aliphatic rings. The van der Waals surface area contributed by atoms with Gasteiger partial charge in [0, 0.05) is 28.9 Å². The molecule has 0 fully saturated rings. The zero-order valence-corrected chi connectivity index (χ0v) is 9.04. The quantitative estimate of drug-likeness (QED) is 0.765. The van der Waals surface area contributed by atoms with Crippen LogP contribution in [0.5, 0.6) is 0 Å². The Hall–Kier alpha value is -0.810. The third-order valence-corrected chi connectivity index (χ3v) is 3.30. The highest BCUT2D eigenvalue weighted by Crippen LogP contribution is 2.00. The summed E-state index contributed by atoms with van der Waals surface area (Å²) in [4.78, 5) is 8.03. The summed E-state index contributed by atoms with van der Waals surface area (Å²) in [6, 6.07) is 1.74. The number of hydrogen-bond acceptors (Lipinski definition) is 4. The van der Waals surface area contributed by atoms with E-state index in [1.807, 2.05) is 6.92 Å². The molecule has 0 saturated carbocycles. The first-order chi connectivity index (χ1) is 6.72. The van der Waals surface area contributed by atoms with E-state index in [2.05, 4.69) is 9.97 Å². The highest BCUT2D eigenvalue weighted by atomic mass is 32.2. The Labute approximate surface area is 86.4 Å². The van der Waals surface area contributed by atoms with E-state index in [-0.39, 0.29) is 0 Å². The Bertz CT molecular complexity index is 291. The normalized spacial score (nSPS) is 15.0. The molecule has 1 aromatic rings. The maximum atomic E-state index is 11.6. The topological polar surface area (TPSA) is 68.9 Å². The van der Waals surface area contributed by atoms with Gasteiger partial charge in [-0.05, 0) is 18.5 Å². The molecule has 0 aliphatic heterocycles. The first-order valence-electron chi connectivity index (χ1n) is 4.53. The number of rotatable bonds is 5. The number of nitrogens with two attached hydrogens (primary N) is 1. The van der Waals surface area contributed by atoms with Gasteiger partial charge in [0.15, 0.2) is 0 Å². The van der Waals surface area contributed by atoms with E-state index in [9.17, 15) is 4.21 Å². The van der Waals surface area contributed by atoms with Gasteiger partial charge in [0.05, 0.1) is 5.75 Å². The summed E-state index contributed by atoms with van der Waals surface area (Å²) in [6.45, 7) is 2.56. The number of nitrogens with zero attached hydrogens (tertiary/aromatic N) is 2. The molecular formula is C9H15N3OS. The van der Waals surface area contributed by atoms with Crippen LogP contribution in [0.1, 0.15) is 12.7 Å². The summed E-state index contributed by atoms with van der Waals surface area (Å²) in [7, 11) is -0.906. The average Bonchev–Trinajstić information content (AvgIpc) is 2.19. The maximum absolute atomic E-state index is 11.6. The molecular weight excluding hydrogens is 198 g/mol. The van der Waals surface area contributed by atoms with Crippen molar-refractivity contribution >= 4 is 10.8 Å². The van der Waals surface area contributed by atoms with Crippen molar-refractivity contribution in [1.82, 2.24) is 9.97 Å². The second-order valence-electron chi connectivity index (χ2n) is 3.26. The second-order valence-corrected chi connectivity index (χ2v) is 4.76. The van der Waals surface area contributed by atoms with E-state index < -0.39 is 10.8 Å². The summed E-state index contributed by atoms with van der Waals surface area (Å²) < 4.78 is 11.6. The smallest absolute Gasteiger partial charge is 0.140 e. The van der Waals surface area contributed by atoms with Crippen LogP contribution in [0.4, 0.5) is 0 Å². The zero-order chi connectivity index (χ0) is 10.4. The fourth-order valence-corrected chi connectivity index (χ4v) is 2.32. The molecule has 2 atom stereocenters. The molecule has 0 saturated heterocycles. The lowest BCUT2D eigenvalue weighted by Crippen LogP contribution is -2.18. The minimum absolute atomic E-state index is 0.291. The number of hydrogen-bond donors (Lipinski definition) is 1. The Kier molecular flexibility index (Phi) is 4.69. The SMILES string of the molecule is CC(CN)CS(=O)Cc1ncccn1. The van der Waals surface area contributed by atoms with Crippen molar-refractivity contribution < 1.29 is 4.21 Å². The third-order valence-electron chi connectivity index (χ3n) is 1.78. The van der Waals surface area contributed by atoms with Crippen LogP contribution in [0.25, 0.3) is 0 Å². The Morgan fingerprint density at radius 3 is 2.71 bits per heavy atom. The molecule has 1 rings (SSSR count). The van der Waals surface area contributed by atoms with E-state index in [1.165, 1.54) is 0 Å². The minimum atomic E-state index is -0.906. The van der Waals surface area contributed by atoms with Crippen molar-refractivity contribution in [2.45, 2.75) is 12.7 Å². The van der Waals surface area contributed by atoms with Crippen LogP contribution in [0, 0.1) is 5.92 Å². The van der Waals surface area contributed by atoms with Crippen LogP contribution in [0.15, 0.2) is 18.5 Å². The van der Waals surface area contributed by atoms with E-state index in [1.54, 1.807) is 18.5 Å². The van der Waals surface area contributed by atoms with Crippen molar-refractivity contribution in [2.24, 2.45) is 11.7 Å². The fraction of sp³-hybridized carbons (Fsp3) is 0.556. The summed E-state index contributed by atoms with van der Waals surface area (Å²) in [5.41, 5.74) is 5.45. The molecule has 0 aromatic carbocycles. The van der Waals surface area contributed by atoms with Crippen LogP contribution in [0.3, 0.4) is 0 Å². The van der Waals surface area contributed by atoms with Crippen molar-refractivity contribution in [1.29, 1.82) is 0 Å². The predicted molar refractivity (Wildman–Crippen MR) is 57.0 cm³/mol. The van der Waals surface area contributed by atoms with Gasteiger partial charge in [0.25, 0.3) is 0 Å². The Balaban J connectivity index is 2.42. The van der Waals surface area contributed by atoms with Gasteiger partial charge in [-0.25, -0.2) is 9.97 Å². The van der Waals surface area contributed by atoms with Crippen LogP contribution >= 0.6 is 0 Å². The molecule has 78 valence electrons. The zero-order valence-electron chi connectivity index (χ0n) is 8.22. The summed E-state index contributed by atoms with van der Waals surface area (Å²) in [5.74, 6) is 1.97. The van der Waals surface area contributed by atoms with Gasteiger partial charge in [-0.15, -0.1) is 0 Å². The van der Waals surface area contributed by atoms with Gasteiger partial charge in [-0.3, -0.25) is 4.21 Å². The molecule has 5 heteroatoms. The first kappa shape index (κ1) is 11.3. The highest BCUT2D eigenvalue weighted by Gasteiger charge is 2.07. The first-order valence-corrected chi connectivity index (χ1v) is 6.02. The van der Waals surface area contributed by atoms with E-state index in [0.29, 0.717) is 29.8 Å². The van der Waals surface area contributed by atoms with Crippen LogP contribution in [0.2, 0.25) is 0 Å². The van der Waals surface area contributed by atoms with Gasteiger partial charge in [0.2, 0.25) is 0 Å². The van der Waals surface area contributed by atoms with Crippen molar-refractivity contribution in [3.05, 3.63) is 24.3 Å². The number of aromatic nitrogens is 2. The summed E-state index contributed by atoms with van der Waals surface area (Å²) in [5, 5.41) is 0. The lowest BCUT2D eigenvalue weighted by Gasteiger charge is -2.06. The van der Waals surface area contributed by atoms with Gasteiger partial charge < -0.3 is 5.73 Å². The molecule has 1 aromatic heterocycles. The largest absolute Gasteiger partial charge is 0.330 e. The molecule has 2 N–H and O–H groups in total. The minimum Gasteiger partial charge on any atom is -0.330 e. The van der Waals surface area contributed by atoms with Crippen molar-refractivity contribution in [2.75, 3.05) is 12.3 Å². The molecule has 0 aliphatic carbocycles. The highest BCUT2D eigenvalue weighted by molar-refractivity contribution is 7.84. The monoisotopic (exact) mass is 213 g/mol. The Morgan fingerprint density at radius 2 is 2.14 bits per heavy atom. The molecule has 4 nitrogen and oxygen atoms in total. The molecule has 0 amide bonds. The van der Waals surface area contributed by atoms with Crippen molar-refractivity contribution in [3.8, 4) is 0 Å². The standard InChI is InChI=1S/C9H15N3OS/c1-8(5-10)6-14(13)7-9-11-3-2-4-12-9/h2-4,8H,5-7,10H2,1H3. The third kappa shape index (κ3) is 3.93. The summed E-state index contributed by atoms with van der Waals surface area (Å²) in [6.07, 6.45) is 3.32. The molecule has 14 heavy (non-hydrogen) atoms. The van der Waals surface area contributed by atoms with Gasteiger partial charge in [0.1, 0.15) is 5.82 Å². The van der Waals surface area contributed by atoms with Crippen LogP contribution < -0.4 is 5.73 Å².